The zero-order valence-corrected chi connectivity index (χ0v) is 13.5. The molecule has 1 unspecified atom stereocenters. The number of thioether (sulfide) groups is 1. The van der Waals surface area contributed by atoms with Gasteiger partial charge in [0.2, 0.25) is 11.1 Å². The van der Waals surface area contributed by atoms with Crippen LogP contribution in [-0.4, -0.2) is 50.5 Å². The Hall–Kier alpha value is -1.64. The van der Waals surface area contributed by atoms with E-state index in [2.05, 4.69) is 25.6 Å². The highest BCUT2D eigenvalue weighted by Gasteiger charge is 2.21. The van der Waals surface area contributed by atoms with E-state index in [-0.39, 0.29) is 23.7 Å². The Kier molecular flexibility index (Phi) is 7.13. The lowest BCUT2D eigenvalue weighted by Crippen LogP contribution is -2.38. The van der Waals surface area contributed by atoms with Crippen molar-refractivity contribution in [1.82, 2.24) is 25.5 Å². The number of hydrogen-bond acceptors (Lipinski definition) is 7. The van der Waals surface area contributed by atoms with Gasteiger partial charge >= 0.3 is 5.97 Å². The second kappa shape index (κ2) is 8.60. The van der Waals surface area contributed by atoms with Crippen LogP contribution in [0.25, 0.3) is 0 Å². The van der Waals surface area contributed by atoms with Crippen LogP contribution in [0.2, 0.25) is 0 Å². The van der Waals surface area contributed by atoms with Crippen LogP contribution >= 0.6 is 11.8 Å². The molecule has 1 atom stereocenters. The number of esters is 1. The van der Waals surface area contributed by atoms with E-state index in [0.29, 0.717) is 5.16 Å². The Bertz CT molecular complexity index is 475. The van der Waals surface area contributed by atoms with Gasteiger partial charge in [-0.05, 0) is 30.2 Å². The third-order valence-corrected chi connectivity index (χ3v) is 4.06. The van der Waals surface area contributed by atoms with E-state index in [9.17, 15) is 9.59 Å². The summed E-state index contributed by atoms with van der Waals surface area (Å²) in [5.74, 6) is -0.514. The number of carbonyl (C=O) groups excluding carboxylic acids is 2. The largest absolute Gasteiger partial charge is 0.468 e. The van der Waals surface area contributed by atoms with Crippen LogP contribution in [-0.2, 0) is 20.9 Å². The summed E-state index contributed by atoms with van der Waals surface area (Å²) in [5.41, 5.74) is 0. The lowest BCUT2D eigenvalue weighted by atomic mass is 10.2. The van der Waals surface area contributed by atoms with Crippen molar-refractivity contribution in [3.63, 3.8) is 0 Å². The van der Waals surface area contributed by atoms with Crippen LogP contribution in [0, 0.1) is 0 Å². The molecule has 1 rings (SSSR count). The highest BCUT2D eigenvalue weighted by atomic mass is 32.2. The van der Waals surface area contributed by atoms with Crippen molar-refractivity contribution >= 4 is 23.6 Å². The number of ether oxygens (including phenoxy) is 1. The molecule has 0 aliphatic carbocycles. The number of amides is 1. The van der Waals surface area contributed by atoms with E-state index >= 15 is 0 Å². The second-order valence-corrected chi connectivity index (χ2v) is 5.79. The van der Waals surface area contributed by atoms with Crippen molar-refractivity contribution in [3.8, 4) is 0 Å². The van der Waals surface area contributed by atoms with Gasteiger partial charge in [-0.3, -0.25) is 9.59 Å². The molecule has 0 saturated carbocycles. The molecule has 21 heavy (non-hydrogen) atoms. The Morgan fingerprint density at radius 3 is 2.62 bits per heavy atom. The smallest absolute Gasteiger partial charge is 0.327 e. The maximum Gasteiger partial charge on any atom is 0.327 e. The van der Waals surface area contributed by atoms with Crippen LogP contribution in [0.5, 0.6) is 0 Å². The average Bonchev–Trinajstić information content (AvgIpc) is 2.91. The van der Waals surface area contributed by atoms with Crippen molar-refractivity contribution < 1.29 is 14.3 Å². The van der Waals surface area contributed by atoms with Gasteiger partial charge in [-0.25, -0.2) is 4.68 Å². The number of carbonyl (C=O) groups is 2. The van der Waals surface area contributed by atoms with Gasteiger partial charge in [0.25, 0.3) is 0 Å². The van der Waals surface area contributed by atoms with Crippen LogP contribution in [0.1, 0.15) is 33.6 Å². The molecule has 1 heterocycles. The summed E-state index contributed by atoms with van der Waals surface area (Å²) in [4.78, 5) is 23.3. The number of methoxy groups -OCH3 is 1. The molecule has 1 aromatic heterocycles. The van der Waals surface area contributed by atoms with Gasteiger partial charge in [0.15, 0.2) is 0 Å². The molecule has 118 valence electrons. The highest BCUT2D eigenvalue weighted by molar-refractivity contribution is 8.00. The lowest BCUT2D eigenvalue weighted by molar-refractivity contribution is -0.141. The normalized spacial score (nSPS) is 12.2. The van der Waals surface area contributed by atoms with Crippen LogP contribution in [0.15, 0.2) is 5.16 Å². The molecule has 0 bridgehead atoms. The molecule has 0 aliphatic rings. The van der Waals surface area contributed by atoms with Crippen LogP contribution < -0.4 is 5.32 Å². The van der Waals surface area contributed by atoms with Crippen LogP contribution in [0.3, 0.4) is 0 Å². The summed E-state index contributed by atoms with van der Waals surface area (Å²) in [6, 6.07) is 0.173. The van der Waals surface area contributed by atoms with Gasteiger partial charge < -0.3 is 10.1 Å². The predicted octanol–water partition coefficient (Wildman–Crippen LogP) is 0.631. The summed E-state index contributed by atoms with van der Waals surface area (Å²) in [6.07, 6.45) is 1.78. The maximum atomic E-state index is 12.1. The van der Waals surface area contributed by atoms with E-state index in [1.54, 1.807) is 6.92 Å². The molecule has 1 amide bonds. The molecule has 0 aromatic carbocycles. The quantitative estimate of drug-likeness (QED) is 0.555. The molecule has 0 radical (unpaired) electrons. The lowest BCUT2D eigenvalue weighted by Gasteiger charge is -2.17. The monoisotopic (exact) mass is 315 g/mol. The molecule has 1 aromatic rings. The first-order valence-corrected chi connectivity index (χ1v) is 7.69. The summed E-state index contributed by atoms with van der Waals surface area (Å²) in [5, 5.41) is 14.1. The molecule has 1 N–H and O–H groups in total. The van der Waals surface area contributed by atoms with E-state index in [0.717, 1.165) is 12.8 Å². The molecule has 8 nitrogen and oxygen atoms in total. The van der Waals surface area contributed by atoms with Gasteiger partial charge in [-0.2, -0.15) is 0 Å². The Morgan fingerprint density at radius 2 is 2.05 bits per heavy atom. The first-order valence-electron chi connectivity index (χ1n) is 6.81. The average molecular weight is 315 g/mol. The fourth-order valence-corrected chi connectivity index (χ4v) is 2.39. The fraction of sp³-hybridized carbons (Fsp3) is 0.750. The number of nitrogens with one attached hydrogen (secondary N) is 1. The summed E-state index contributed by atoms with van der Waals surface area (Å²) in [6.45, 7) is 5.76. The third kappa shape index (κ3) is 5.33. The maximum absolute atomic E-state index is 12.1. The SMILES string of the molecule is CCC(CC)NC(=O)C(C)Sc1nnnn1CC(=O)OC. The first kappa shape index (κ1) is 17.4. The summed E-state index contributed by atoms with van der Waals surface area (Å²) >= 11 is 1.21. The van der Waals surface area contributed by atoms with Gasteiger partial charge in [0.05, 0.1) is 12.4 Å². The zero-order chi connectivity index (χ0) is 15.8. The Balaban J connectivity index is 2.62. The molecule has 0 aliphatic heterocycles. The minimum atomic E-state index is -0.446. The predicted molar refractivity (Wildman–Crippen MR) is 77.7 cm³/mol. The van der Waals surface area contributed by atoms with Crippen molar-refractivity contribution in [2.24, 2.45) is 0 Å². The summed E-state index contributed by atoms with van der Waals surface area (Å²) in [7, 11) is 1.30. The van der Waals surface area contributed by atoms with E-state index in [1.165, 1.54) is 23.6 Å². The Morgan fingerprint density at radius 1 is 1.38 bits per heavy atom. The molecule has 0 spiro atoms. The number of aromatic nitrogens is 4. The zero-order valence-electron chi connectivity index (χ0n) is 12.7. The molecule has 0 fully saturated rings. The molecule has 0 saturated heterocycles. The molecule has 9 heteroatoms. The summed E-state index contributed by atoms with van der Waals surface area (Å²) < 4.78 is 5.89. The van der Waals surface area contributed by atoms with Gasteiger partial charge in [-0.15, -0.1) is 5.10 Å². The molecular weight excluding hydrogens is 294 g/mol. The minimum absolute atomic E-state index is 0.0682. The van der Waals surface area contributed by atoms with E-state index < -0.39 is 5.97 Å². The number of rotatable bonds is 8. The van der Waals surface area contributed by atoms with Gasteiger partial charge in [0, 0.05) is 6.04 Å². The topological polar surface area (TPSA) is 99.0 Å². The first-order chi connectivity index (χ1) is 10.0. The van der Waals surface area contributed by atoms with Crippen molar-refractivity contribution in [1.29, 1.82) is 0 Å². The number of tetrazole rings is 1. The van der Waals surface area contributed by atoms with E-state index in [1.807, 2.05) is 13.8 Å². The molecular formula is C12H21N5O3S. The van der Waals surface area contributed by atoms with Crippen molar-refractivity contribution in [2.75, 3.05) is 7.11 Å². The third-order valence-electron chi connectivity index (χ3n) is 2.99. The van der Waals surface area contributed by atoms with E-state index in [4.69, 9.17) is 0 Å². The van der Waals surface area contributed by atoms with Crippen LogP contribution in [0.4, 0.5) is 0 Å². The fourth-order valence-electron chi connectivity index (χ4n) is 1.59. The number of nitrogens with zero attached hydrogens (tertiary/aromatic N) is 4. The minimum Gasteiger partial charge on any atom is -0.468 e. The van der Waals surface area contributed by atoms with Crippen molar-refractivity contribution in [3.05, 3.63) is 0 Å². The van der Waals surface area contributed by atoms with Gasteiger partial charge in [0.1, 0.15) is 6.54 Å². The van der Waals surface area contributed by atoms with Crippen molar-refractivity contribution in [2.45, 2.75) is 56.6 Å². The Labute approximate surface area is 128 Å². The van der Waals surface area contributed by atoms with Gasteiger partial charge in [-0.1, -0.05) is 25.6 Å². The number of hydrogen-bond donors (Lipinski definition) is 1. The highest BCUT2D eigenvalue weighted by Crippen LogP contribution is 2.20. The standard InChI is InChI=1S/C12H21N5O3S/c1-5-9(6-2)13-11(19)8(3)21-12-14-15-16-17(12)7-10(18)20-4/h8-9H,5-7H2,1-4H3,(H,13,19). The second-order valence-electron chi connectivity index (χ2n) is 4.48.